The molecule has 0 saturated heterocycles. The fourth-order valence-electron chi connectivity index (χ4n) is 3.32. The minimum atomic E-state index is -0.284. The molecule has 0 spiro atoms. The molecule has 4 nitrogen and oxygen atoms in total. The van der Waals surface area contributed by atoms with E-state index < -0.39 is 0 Å². The van der Waals surface area contributed by atoms with Crippen molar-refractivity contribution in [3.63, 3.8) is 0 Å². The van der Waals surface area contributed by atoms with E-state index >= 15 is 0 Å². The van der Waals surface area contributed by atoms with Gasteiger partial charge in [-0.2, -0.15) is 0 Å². The third-order valence-electron chi connectivity index (χ3n) is 4.74. The lowest BCUT2D eigenvalue weighted by Gasteiger charge is -2.20. The largest absolute Gasteiger partial charge is 0.298 e. The SMILES string of the molecule is O=C1CCCC[C@H]1Sc1nnc(Cc2ccccc2)n1-c1ccc(F)cc1. The van der Waals surface area contributed by atoms with Crippen molar-refractivity contribution in [3.05, 3.63) is 71.8 Å². The van der Waals surface area contributed by atoms with Crippen LogP contribution in [0.3, 0.4) is 0 Å². The third-order valence-corrected chi connectivity index (χ3v) is 5.99. The number of halogens is 1. The Hall–Kier alpha value is -2.47. The molecule has 138 valence electrons. The summed E-state index contributed by atoms with van der Waals surface area (Å²) in [6.07, 6.45) is 4.15. The molecule has 4 rings (SSSR count). The van der Waals surface area contributed by atoms with Crippen molar-refractivity contribution in [2.45, 2.75) is 42.5 Å². The fraction of sp³-hybridized carbons (Fsp3) is 0.286. The smallest absolute Gasteiger partial charge is 0.196 e. The number of hydrogen-bond donors (Lipinski definition) is 0. The first-order chi connectivity index (χ1) is 13.2. The molecule has 1 heterocycles. The zero-order chi connectivity index (χ0) is 18.6. The molecule has 2 aromatic carbocycles. The Morgan fingerprint density at radius 1 is 1.04 bits per heavy atom. The average Bonchev–Trinajstić information content (AvgIpc) is 3.07. The van der Waals surface area contributed by atoms with Gasteiger partial charge in [-0.05, 0) is 42.7 Å². The molecule has 0 unspecified atom stereocenters. The molecule has 0 aliphatic heterocycles. The highest BCUT2D eigenvalue weighted by Gasteiger charge is 2.26. The van der Waals surface area contributed by atoms with Crippen molar-refractivity contribution in [1.82, 2.24) is 14.8 Å². The van der Waals surface area contributed by atoms with Gasteiger partial charge in [-0.1, -0.05) is 48.5 Å². The molecule has 1 saturated carbocycles. The number of benzene rings is 2. The van der Waals surface area contributed by atoms with E-state index in [1.54, 1.807) is 12.1 Å². The van der Waals surface area contributed by atoms with Gasteiger partial charge in [0.1, 0.15) is 17.4 Å². The summed E-state index contributed by atoms with van der Waals surface area (Å²) < 4.78 is 15.4. The van der Waals surface area contributed by atoms with E-state index in [0.29, 0.717) is 18.0 Å². The molecule has 1 aliphatic carbocycles. The van der Waals surface area contributed by atoms with Crippen molar-refractivity contribution >= 4 is 17.5 Å². The monoisotopic (exact) mass is 381 g/mol. The summed E-state index contributed by atoms with van der Waals surface area (Å²) >= 11 is 1.48. The topological polar surface area (TPSA) is 47.8 Å². The van der Waals surface area contributed by atoms with E-state index in [4.69, 9.17) is 0 Å². The van der Waals surface area contributed by atoms with E-state index in [1.165, 1.54) is 23.9 Å². The zero-order valence-electron chi connectivity index (χ0n) is 14.8. The Kier molecular flexibility index (Phi) is 5.34. The van der Waals surface area contributed by atoms with Gasteiger partial charge in [-0.3, -0.25) is 9.36 Å². The fourth-order valence-corrected chi connectivity index (χ4v) is 4.51. The van der Waals surface area contributed by atoms with E-state index in [0.717, 1.165) is 36.3 Å². The Labute approximate surface area is 161 Å². The molecule has 0 N–H and O–H groups in total. The number of carbonyl (C=O) groups is 1. The van der Waals surface area contributed by atoms with Gasteiger partial charge in [0.25, 0.3) is 0 Å². The van der Waals surface area contributed by atoms with Gasteiger partial charge in [-0.15, -0.1) is 10.2 Å². The van der Waals surface area contributed by atoms with Crippen LogP contribution in [-0.2, 0) is 11.2 Å². The molecule has 1 aliphatic rings. The first kappa shape index (κ1) is 17.9. The normalized spacial score (nSPS) is 17.2. The molecule has 1 fully saturated rings. The molecule has 3 aromatic rings. The zero-order valence-corrected chi connectivity index (χ0v) is 15.7. The highest BCUT2D eigenvalue weighted by molar-refractivity contribution is 8.00. The number of hydrogen-bond acceptors (Lipinski definition) is 4. The molecule has 6 heteroatoms. The van der Waals surface area contributed by atoms with Crippen LogP contribution in [0.25, 0.3) is 5.69 Å². The number of aromatic nitrogens is 3. The molecule has 0 radical (unpaired) electrons. The van der Waals surface area contributed by atoms with Crippen LogP contribution >= 0.6 is 11.8 Å². The second-order valence-electron chi connectivity index (χ2n) is 6.69. The predicted octanol–water partition coefficient (Wildman–Crippen LogP) is 4.60. The Morgan fingerprint density at radius 3 is 2.56 bits per heavy atom. The van der Waals surface area contributed by atoms with Crippen LogP contribution in [0.5, 0.6) is 0 Å². The number of nitrogens with zero attached hydrogens (tertiary/aromatic N) is 3. The first-order valence-electron chi connectivity index (χ1n) is 9.14. The lowest BCUT2D eigenvalue weighted by molar-refractivity contribution is -0.119. The lowest BCUT2D eigenvalue weighted by atomic mass is 9.99. The maximum Gasteiger partial charge on any atom is 0.196 e. The van der Waals surface area contributed by atoms with Gasteiger partial charge in [0.15, 0.2) is 5.16 Å². The average molecular weight is 381 g/mol. The van der Waals surface area contributed by atoms with Gasteiger partial charge in [0.2, 0.25) is 0 Å². The molecule has 27 heavy (non-hydrogen) atoms. The summed E-state index contributed by atoms with van der Waals surface area (Å²) in [5.74, 6) is 0.774. The molecular formula is C21H20FN3OS. The quantitative estimate of drug-likeness (QED) is 0.648. The number of ketones is 1. The van der Waals surface area contributed by atoms with Crippen LogP contribution in [0, 0.1) is 5.82 Å². The van der Waals surface area contributed by atoms with Gasteiger partial charge < -0.3 is 0 Å². The van der Waals surface area contributed by atoms with Crippen LogP contribution in [0.1, 0.15) is 37.1 Å². The van der Waals surface area contributed by atoms with Crippen LogP contribution in [0.15, 0.2) is 59.8 Å². The van der Waals surface area contributed by atoms with Gasteiger partial charge in [0, 0.05) is 18.5 Å². The summed E-state index contributed by atoms with van der Waals surface area (Å²) in [6.45, 7) is 0. The Bertz CT molecular complexity index is 924. The van der Waals surface area contributed by atoms with Crippen LogP contribution < -0.4 is 0 Å². The van der Waals surface area contributed by atoms with Crippen molar-refractivity contribution in [1.29, 1.82) is 0 Å². The van der Waals surface area contributed by atoms with Crippen molar-refractivity contribution in [3.8, 4) is 5.69 Å². The van der Waals surface area contributed by atoms with Gasteiger partial charge in [0.05, 0.1) is 5.25 Å². The summed E-state index contributed by atoms with van der Waals surface area (Å²) in [5, 5.41) is 9.37. The van der Waals surface area contributed by atoms with E-state index in [-0.39, 0.29) is 16.9 Å². The number of rotatable bonds is 5. The molecule has 0 amide bonds. The van der Waals surface area contributed by atoms with Crippen molar-refractivity contribution in [2.24, 2.45) is 0 Å². The second-order valence-corrected chi connectivity index (χ2v) is 7.86. The predicted molar refractivity (Wildman–Crippen MR) is 104 cm³/mol. The number of thioether (sulfide) groups is 1. The van der Waals surface area contributed by atoms with Crippen molar-refractivity contribution < 1.29 is 9.18 Å². The number of Topliss-reactive ketones (excluding diaryl/α,β-unsaturated/α-hetero) is 1. The first-order valence-corrected chi connectivity index (χ1v) is 10.0. The van der Waals surface area contributed by atoms with Crippen molar-refractivity contribution in [2.75, 3.05) is 0 Å². The van der Waals surface area contributed by atoms with Crippen LogP contribution in [0.4, 0.5) is 4.39 Å². The minimum Gasteiger partial charge on any atom is -0.298 e. The molecule has 1 atom stereocenters. The summed E-state index contributed by atoms with van der Waals surface area (Å²) in [5.41, 5.74) is 1.93. The highest BCUT2D eigenvalue weighted by atomic mass is 32.2. The van der Waals surface area contributed by atoms with E-state index in [2.05, 4.69) is 10.2 Å². The van der Waals surface area contributed by atoms with Crippen LogP contribution in [-0.4, -0.2) is 25.8 Å². The maximum atomic E-state index is 13.4. The van der Waals surface area contributed by atoms with E-state index in [1.807, 2.05) is 34.9 Å². The third kappa shape index (κ3) is 4.11. The van der Waals surface area contributed by atoms with Gasteiger partial charge in [-0.25, -0.2) is 4.39 Å². The molecule has 1 aromatic heterocycles. The van der Waals surface area contributed by atoms with Gasteiger partial charge >= 0.3 is 0 Å². The summed E-state index contributed by atoms with van der Waals surface area (Å²) in [4.78, 5) is 12.3. The van der Waals surface area contributed by atoms with Crippen LogP contribution in [0.2, 0.25) is 0 Å². The minimum absolute atomic E-state index is 0.0771. The molecular weight excluding hydrogens is 361 g/mol. The number of carbonyl (C=O) groups excluding carboxylic acids is 1. The Balaban J connectivity index is 1.70. The highest BCUT2D eigenvalue weighted by Crippen LogP contribution is 2.32. The maximum absolute atomic E-state index is 13.4. The molecule has 0 bridgehead atoms. The van der Waals surface area contributed by atoms with E-state index in [9.17, 15) is 9.18 Å². The standard InChI is InChI=1S/C21H20FN3OS/c22-16-10-12-17(13-11-16)25-20(14-15-6-2-1-3-7-15)23-24-21(25)27-19-9-5-4-8-18(19)26/h1-3,6-7,10-13,19H,4-5,8-9,14H2/t19-/m1/s1. The second kappa shape index (κ2) is 8.05. The lowest BCUT2D eigenvalue weighted by Crippen LogP contribution is -2.22. The summed E-state index contributed by atoms with van der Waals surface area (Å²) in [7, 11) is 0. The summed E-state index contributed by atoms with van der Waals surface area (Å²) in [6, 6.07) is 16.4. The Morgan fingerprint density at radius 2 is 1.81 bits per heavy atom.